The van der Waals surface area contributed by atoms with E-state index in [2.05, 4.69) is 42.9 Å². The van der Waals surface area contributed by atoms with Crippen LogP contribution in [0, 0.1) is 0 Å². The number of amidine groups is 1. The van der Waals surface area contributed by atoms with Gasteiger partial charge in [-0.2, -0.15) is 0 Å². The number of piperazine rings is 1. The van der Waals surface area contributed by atoms with Gasteiger partial charge < -0.3 is 24.9 Å². The molecule has 0 saturated carbocycles. The number of ether oxygens (including phenoxy) is 1. The lowest BCUT2D eigenvalue weighted by atomic mass is 10.0. The van der Waals surface area contributed by atoms with Crippen molar-refractivity contribution in [2.45, 2.75) is 0 Å². The number of aromatic amines is 1. The standard InChI is InChI=1S/C32H30N8O3/c1-20(22-7-5-12-34-18-22)37-30(38-33)24-9-10-26(43-2)27-25(19-36-28(24)27)29(41)32(42)40-16-14-39(15-17-40)31-23-8-4-3-6-21(23)11-13-35-31/h3-13,18-19,36H,1,14-17,33H2,2H3,(H,37,38). The van der Waals surface area contributed by atoms with Crippen LogP contribution >= 0.6 is 0 Å². The maximum Gasteiger partial charge on any atom is 0.295 e. The Bertz CT molecular complexity index is 1870. The summed E-state index contributed by atoms with van der Waals surface area (Å²) in [5, 5.41) is 2.63. The van der Waals surface area contributed by atoms with Crippen LogP contribution in [0.2, 0.25) is 0 Å². The number of hydrazine groups is 1. The molecule has 6 rings (SSSR count). The van der Waals surface area contributed by atoms with E-state index in [0.717, 1.165) is 22.2 Å². The maximum absolute atomic E-state index is 13.6. The molecule has 0 atom stereocenters. The third-order valence-electron chi connectivity index (χ3n) is 7.61. The molecule has 2 aromatic carbocycles. The van der Waals surface area contributed by atoms with E-state index in [9.17, 15) is 9.59 Å². The topological polar surface area (TPSA) is 142 Å². The lowest BCUT2D eigenvalue weighted by Gasteiger charge is -2.35. The Morgan fingerprint density at radius 2 is 1.84 bits per heavy atom. The molecular weight excluding hydrogens is 544 g/mol. The number of carbonyl (C=O) groups is 2. The average Bonchev–Trinajstić information content (AvgIpc) is 3.52. The molecule has 4 N–H and O–H groups in total. The molecule has 216 valence electrons. The smallest absolute Gasteiger partial charge is 0.295 e. The first-order valence-electron chi connectivity index (χ1n) is 13.8. The number of methoxy groups -OCH3 is 1. The number of Topliss-reactive ketones (excluding diaryl/α,β-unsaturated/α-hetero) is 1. The van der Waals surface area contributed by atoms with Gasteiger partial charge in [0.05, 0.1) is 29.3 Å². The quantitative estimate of drug-likeness (QED) is 0.0670. The lowest BCUT2D eigenvalue weighted by Crippen LogP contribution is -2.50. The second kappa shape index (κ2) is 11.7. The molecule has 0 aliphatic carbocycles. The number of aromatic nitrogens is 3. The maximum atomic E-state index is 13.6. The minimum absolute atomic E-state index is 0.208. The van der Waals surface area contributed by atoms with Gasteiger partial charge >= 0.3 is 0 Å². The number of ketones is 1. The van der Waals surface area contributed by atoms with Crippen LogP contribution < -0.4 is 20.9 Å². The summed E-state index contributed by atoms with van der Waals surface area (Å²) in [6.45, 7) is 5.94. The van der Waals surface area contributed by atoms with Gasteiger partial charge in [0.2, 0.25) is 0 Å². The van der Waals surface area contributed by atoms with Crippen LogP contribution in [0.25, 0.3) is 27.4 Å². The van der Waals surface area contributed by atoms with Gasteiger partial charge in [-0.15, -0.1) is 0 Å². The van der Waals surface area contributed by atoms with E-state index in [1.54, 1.807) is 41.7 Å². The number of H-pyrrole nitrogens is 1. The van der Waals surface area contributed by atoms with Gasteiger partial charge in [-0.05, 0) is 35.7 Å². The van der Waals surface area contributed by atoms with Crippen molar-refractivity contribution in [1.82, 2.24) is 25.3 Å². The van der Waals surface area contributed by atoms with E-state index in [0.29, 0.717) is 59.9 Å². The molecule has 0 bridgehead atoms. The molecule has 4 heterocycles. The highest BCUT2D eigenvalue weighted by Gasteiger charge is 2.30. The summed E-state index contributed by atoms with van der Waals surface area (Å²) in [4.78, 5) is 47.3. The van der Waals surface area contributed by atoms with Gasteiger partial charge in [0.25, 0.3) is 11.7 Å². The molecule has 0 radical (unpaired) electrons. The fourth-order valence-corrected chi connectivity index (χ4v) is 5.40. The molecule has 5 aromatic rings. The molecule has 0 spiro atoms. The van der Waals surface area contributed by atoms with Gasteiger partial charge in [0, 0.05) is 67.5 Å². The van der Waals surface area contributed by atoms with Crippen molar-refractivity contribution in [1.29, 1.82) is 0 Å². The Hall–Kier alpha value is -5.55. The third kappa shape index (κ3) is 5.17. The second-order valence-corrected chi connectivity index (χ2v) is 10.0. The molecule has 1 aliphatic rings. The molecule has 11 heteroatoms. The number of carbonyl (C=O) groups excluding carboxylic acids is 2. The monoisotopic (exact) mass is 574 g/mol. The van der Waals surface area contributed by atoms with Crippen LogP contribution in [-0.2, 0) is 4.79 Å². The van der Waals surface area contributed by atoms with Crippen molar-refractivity contribution < 1.29 is 14.3 Å². The van der Waals surface area contributed by atoms with E-state index in [1.807, 2.05) is 30.3 Å². The Kier molecular flexibility index (Phi) is 7.54. The van der Waals surface area contributed by atoms with E-state index in [4.69, 9.17) is 10.6 Å². The molecule has 43 heavy (non-hydrogen) atoms. The highest BCUT2D eigenvalue weighted by Crippen LogP contribution is 2.33. The molecule has 1 aliphatic heterocycles. The number of nitrogens with two attached hydrogens (primary N) is 1. The fraction of sp³-hybridized carbons (Fsp3) is 0.156. The van der Waals surface area contributed by atoms with Crippen LogP contribution in [0.3, 0.4) is 0 Å². The predicted molar refractivity (Wildman–Crippen MR) is 167 cm³/mol. The Morgan fingerprint density at radius 3 is 2.58 bits per heavy atom. The van der Waals surface area contributed by atoms with Crippen LogP contribution in [0.1, 0.15) is 21.5 Å². The number of nitrogens with one attached hydrogen (secondary N) is 2. The van der Waals surface area contributed by atoms with Gasteiger partial charge in [-0.25, -0.2) is 15.8 Å². The highest BCUT2D eigenvalue weighted by atomic mass is 16.5. The first-order valence-corrected chi connectivity index (χ1v) is 13.8. The Morgan fingerprint density at radius 1 is 1.02 bits per heavy atom. The molecule has 3 aromatic heterocycles. The van der Waals surface area contributed by atoms with Crippen molar-refractivity contribution in [3.63, 3.8) is 0 Å². The van der Waals surface area contributed by atoms with Crippen LogP contribution in [0.15, 0.2) is 91.0 Å². The van der Waals surface area contributed by atoms with Gasteiger partial charge in [-0.3, -0.25) is 14.6 Å². The number of hydrogen-bond acceptors (Lipinski definition) is 8. The number of amides is 1. The second-order valence-electron chi connectivity index (χ2n) is 10.0. The molecular formula is C32H30N8O3. The number of fused-ring (bicyclic) bond motifs is 2. The highest BCUT2D eigenvalue weighted by molar-refractivity contribution is 6.45. The molecule has 11 nitrogen and oxygen atoms in total. The number of anilines is 1. The van der Waals surface area contributed by atoms with Crippen molar-refractivity contribution >= 4 is 50.7 Å². The first-order chi connectivity index (χ1) is 21.0. The zero-order valence-corrected chi connectivity index (χ0v) is 23.6. The van der Waals surface area contributed by atoms with Gasteiger partial charge in [0.15, 0.2) is 0 Å². The molecule has 1 amide bonds. The molecule has 0 unspecified atom stereocenters. The van der Waals surface area contributed by atoms with Crippen molar-refractivity contribution in [3.8, 4) is 5.75 Å². The zero-order chi connectivity index (χ0) is 29.9. The average molecular weight is 575 g/mol. The number of aliphatic imine (C=N–C) groups is 1. The minimum Gasteiger partial charge on any atom is -0.496 e. The summed E-state index contributed by atoms with van der Waals surface area (Å²) in [6.07, 6.45) is 6.63. The van der Waals surface area contributed by atoms with Crippen LogP contribution in [0.4, 0.5) is 5.82 Å². The number of nitrogens with zero attached hydrogens (tertiary/aromatic N) is 5. The zero-order valence-electron chi connectivity index (χ0n) is 23.6. The summed E-state index contributed by atoms with van der Waals surface area (Å²) >= 11 is 0. The van der Waals surface area contributed by atoms with E-state index >= 15 is 0 Å². The van der Waals surface area contributed by atoms with Gasteiger partial charge in [0.1, 0.15) is 17.4 Å². The summed E-state index contributed by atoms with van der Waals surface area (Å²) in [6, 6.07) is 17.2. The summed E-state index contributed by atoms with van der Waals surface area (Å²) in [7, 11) is 1.51. The minimum atomic E-state index is -0.627. The fourth-order valence-electron chi connectivity index (χ4n) is 5.40. The van der Waals surface area contributed by atoms with Crippen molar-refractivity contribution in [2.24, 2.45) is 10.8 Å². The van der Waals surface area contributed by atoms with Crippen LogP contribution in [-0.4, -0.2) is 70.7 Å². The van der Waals surface area contributed by atoms with Crippen molar-refractivity contribution in [2.75, 3.05) is 38.2 Å². The summed E-state index contributed by atoms with van der Waals surface area (Å²) < 4.78 is 5.59. The van der Waals surface area contributed by atoms with Crippen LogP contribution in [0.5, 0.6) is 5.75 Å². The predicted octanol–water partition coefficient (Wildman–Crippen LogP) is 3.53. The third-order valence-corrected chi connectivity index (χ3v) is 7.61. The van der Waals surface area contributed by atoms with E-state index in [1.165, 1.54) is 13.3 Å². The SMILES string of the molecule is C=C(N=C(NN)c1ccc(OC)c2c(C(=O)C(=O)N3CCN(c4nccc5ccccc45)CC3)c[nH]c12)c1cccnc1. The lowest BCUT2D eigenvalue weighted by molar-refractivity contribution is -0.126. The Labute approximate surface area is 247 Å². The normalized spacial score (nSPS) is 13.8. The number of rotatable bonds is 7. The molecule has 1 saturated heterocycles. The largest absolute Gasteiger partial charge is 0.496 e. The first kappa shape index (κ1) is 27.6. The number of benzene rings is 2. The van der Waals surface area contributed by atoms with E-state index < -0.39 is 11.7 Å². The summed E-state index contributed by atoms with van der Waals surface area (Å²) in [5.74, 6) is 6.29. The number of pyridine rings is 2. The number of hydrogen-bond donors (Lipinski definition) is 3. The molecule has 1 fully saturated rings. The Balaban J connectivity index is 1.25. The van der Waals surface area contributed by atoms with E-state index in [-0.39, 0.29) is 5.56 Å². The van der Waals surface area contributed by atoms with Crippen molar-refractivity contribution in [3.05, 3.63) is 103 Å². The summed E-state index contributed by atoms with van der Waals surface area (Å²) in [5.41, 5.74) is 5.12. The van der Waals surface area contributed by atoms with Gasteiger partial charge in [-0.1, -0.05) is 30.8 Å².